The molecule has 0 saturated carbocycles. The molecule has 3 aliphatic rings. The zero-order chi connectivity index (χ0) is 30.6. The van der Waals surface area contributed by atoms with Crippen molar-refractivity contribution in [2.24, 2.45) is 5.92 Å². The molecule has 0 atom stereocenters. The van der Waals surface area contributed by atoms with Crippen LogP contribution in [0.1, 0.15) is 94.7 Å². The van der Waals surface area contributed by atoms with Crippen molar-refractivity contribution in [3.63, 3.8) is 0 Å². The number of piperidine rings is 2. The molecule has 228 valence electrons. The maximum Gasteiger partial charge on any atom is 0.410 e. The second kappa shape index (κ2) is 14.1. The van der Waals surface area contributed by atoms with Gasteiger partial charge in [-0.05, 0) is 117 Å². The first kappa shape index (κ1) is 32.7. The minimum atomic E-state index is -0.491. The minimum Gasteiger partial charge on any atom is -0.444 e. The first-order valence-corrected chi connectivity index (χ1v) is 17.0. The lowest BCUT2D eigenvalue weighted by atomic mass is 9.87. The van der Waals surface area contributed by atoms with E-state index in [9.17, 15) is 9.59 Å². The number of amides is 2. The molecule has 0 N–H and O–H groups in total. The monoisotopic (exact) mass is 701 g/mol. The van der Waals surface area contributed by atoms with Crippen LogP contribution in [0, 0.1) is 12.8 Å². The van der Waals surface area contributed by atoms with Gasteiger partial charge in [0.25, 0.3) is 0 Å². The lowest BCUT2D eigenvalue weighted by Crippen LogP contribution is -2.43. The number of halogens is 2. The Bertz CT molecular complexity index is 1330. The molecule has 1 aromatic carbocycles. The molecule has 5 rings (SSSR count). The second-order valence-corrected chi connectivity index (χ2v) is 14.2. The summed E-state index contributed by atoms with van der Waals surface area (Å²) < 4.78 is 7.65. The number of hydrogen-bond acceptors (Lipinski definition) is 4. The van der Waals surface area contributed by atoms with Crippen LogP contribution in [-0.4, -0.2) is 58.6 Å². The van der Waals surface area contributed by atoms with Gasteiger partial charge in [0.1, 0.15) is 5.60 Å². The summed E-state index contributed by atoms with van der Waals surface area (Å²) in [5, 5.41) is 0. The van der Waals surface area contributed by atoms with Crippen molar-refractivity contribution >= 4 is 49.4 Å². The number of benzene rings is 1. The Labute approximate surface area is 268 Å². The van der Waals surface area contributed by atoms with Crippen LogP contribution in [0.25, 0.3) is 5.57 Å². The van der Waals surface area contributed by atoms with Gasteiger partial charge in [0.05, 0.1) is 5.69 Å². The lowest BCUT2D eigenvalue weighted by molar-refractivity contribution is -0.133. The maximum atomic E-state index is 13.3. The van der Waals surface area contributed by atoms with Crippen LogP contribution >= 0.6 is 31.9 Å². The van der Waals surface area contributed by atoms with Crippen molar-refractivity contribution in [2.75, 3.05) is 26.2 Å². The van der Waals surface area contributed by atoms with E-state index in [1.807, 2.05) is 45.7 Å². The quantitative estimate of drug-likeness (QED) is 0.315. The van der Waals surface area contributed by atoms with Gasteiger partial charge in [0.2, 0.25) is 5.91 Å². The number of aromatic nitrogens is 1. The van der Waals surface area contributed by atoms with Gasteiger partial charge in [-0.25, -0.2) is 4.79 Å². The number of likely N-dealkylation sites (tertiary alicyclic amines) is 2. The van der Waals surface area contributed by atoms with E-state index in [2.05, 4.69) is 57.0 Å². The van der Waals surface area contributed by atoms with Gasteiger partial charge >= 0.3 is 6.09 Å². The Balaban J connectivity index is 0.00000198. The van der Waals surface area contributed by atoms with Gasteiger partial charge < -0.3 is 14.5 Å². The van der Waals surface area contributed by atoms with Crippen LogP contribution < -0.4 is 0 Å². The topological polar surface area (TPSA) is 62.7 Å². The molecule has 0 radical (unpaired) electrons. The fourth-order valence-corrected chi connectivity index (χ4v) is 7.41. The minimum absolute atomic E-state index is 0.236. The Morgan fingerprint density at radius 3 is 2.21 bits per heavy atom. The number of fused-ring (bicyclic) bond motifs is 2. The van der Waals surface area contributed by atoms with E-state index in [0.717, 1.165) is 66.3 Å². The molecule has 8 heteroatoms. The highest BCUT2D eigenvalue weighted by atomic mass is 79.9. The van der Waals surface area contributed by atoms with Gasteiger partial charge in [0, 0.05) is 58.9 Å². The largest absolute Gasteiger partial charge is 0.444 e. The van der Waals surface area contributed by atoms with Gasteiger partial charge in [0.15, 0.2) is 0 Å². The zero-order valence-corrected chi connectivity index (χ0v) is 29.2. The third-order valence-corrected chi connectivity index (χ3v) is 9.26. The molecule has 2 aliphatic heterocycles. The molecular formula is C34H45Br2N3O3. The van der Waals surface area contributed by atoms with Crippen LogP contribution in [0.4, 0.5) is 4.79 Å². The van der Waals surface area contributed by atoms with Crippen molar-refractivity contribution in [1.82, 2.24) is 14.8 Å². The summed E-state index contributed by atoms with van der Waals surface area (Å²) in [4.78, 5) is 34.5. The summed E-state index contributed by atoms with van der Waals surface area (Å²) in [6, 6.07) is 6.73. The smallest absolute Gasteiger partial charge is 0.410 e. The van der Waals surface area contributed by atoms with E-state index < -0.39 is 5.60 Å². The average molecular weight is 704 g/mol. The average Bonchev–Trinajstić information content (AvgIpc) is 3.10. The maximum absolute atomic E-state index is 13.3. The molecule has 2 amide bonds. The van der Waals surface area contributed by atoms with Crippen LogP contribution in [0.3, 0.4) is 0 Å². The highest BCUT2D eigenvalue weighted by Crippen LogP contribution is 2.42. The van der Waals surface area contributed by atoms with E-state index in [1.165, 1.54) is 33.4 Å². The predicted molar refractivity (Wildman–Crippen MR) is 177 cm³/mol. The highest BCUT2D eigenvalue weighted by molar-refractivity contribution is 9.10. The SMILES string of the molecule is CC.Cc1cc(Br)c2c(c1)CCc1cc(Br)cnc1C2=C1CCN(C(=O)CC2CCN(C(=O)OC(C)(C)C)CC2)CC1. The molecule has 1 aliphatic carbocycles. The van der Waals surface area contributed by atoms with Gasteiger partial charge in [-0.1, -0.05) is 41.4 Å². The first-order valence-electron chi connectivity index (χ1n) is 15.4. The molecule has 0 bridgehead atoms. The zero-order valence-electron chi connectivity index (χ0n) is 26.0. The molecule has 2 fully saturated rings. The number of nitrogens with zero attached hydrogens (tertiary/aromatic N) is 3. The summed E-state index contributed by atoms with van der Waals surface area (Å²) in [6.45, 7) is 14.6. The Morgan fingerprint density at radius 2 is 1.57 bits per heavy atom. The number of ether oxygens (including phenoxy) is 1. The van der Waals surface area contributed by atoms with Crippen LogP contribution in [0.5, 0.6) is 0 Å². The van der Waals surface area contributed by atoms with Crippen LogP contribution in [-0.2, 0) is 22.4 Å². The molecule has 42 heavy (non-hydrogen) atoms. The van der Waals surface area contributed by atoms with Crippen molar-refractivity contribution in [1.29, 1.82) is 0 Å². The molecule has 3 heterocycles. The van der Waals surface area contributed by atoms with Crippen LogP contribution in [0.2, 0.25) is 0 Å². The van der Waals surface area contributed by atoms with Crippen molar-refractivity contribution in [2.45, 2.75) is 92.1 Å². The lowest BCUT2D eigenvalue weighted by Gasteiger charge is -2.35. The van der Waals surface area contributed by atoms with E-state index >= 15 is 0 Å². The van der Waals surface area contributed by atoms with Gasteiger partial charge in [-0.15, -0.1) is 0 Å². The molecule has 1 aromatic heterocycles. The molecule has 2 saturated heterocycles. The number of pyridine rings is 1. The number of hydrogen-bond donors (Lipinski definition) is 0. The summed E-state index contributed by atoms with van der Waals surface area (Å²) >= 11 is 7.51. The number of aryl methyl sites for hydroxylation is 3. The van der Waals surface area contributed by atoms with Gasteiger partial charge in [-0.2, -0.15) is 0 Å². The summed E-state index contributed by atoms with van der Waals surface area (Å²) in [5.74, 6) is 0.550. The Kier molecular flexibility index (Phi) is 11.0. The molecule has 2 aromatic rings. The first-order chi connectivity index (χ1) is 20.0. The molecule has 0 unspecified atom stereocenters. The molecule has 0 spiro atoms. The van der Waals surface area contributed by atoms with Crippen molar-refractivity contribution < 1.29 is 14.3 Å². The van der Waals surface area contributed by atoms with E-state index in [-0.39, 0.29) is 12.0 Å². The second-order valence-electron chi connectivity index (χ2n) is 12.4. The van der Waals surface area contributed by atoms with Crippen molar-refractivity contribution in [3.8, 4) is 0 Å². The number of rotatable bonds is 2. The normalized spacial score (nSPS) is 17.5. The highest BCUT2D eigenvalue weighted by Gasteiger charge is 2.31. The standard InChI is InChI=1S/C32H39Br2N3O3.C2H6/c1-20-15-23-5-6-24-18-25(33)19-35-30(24)29(28(23)26(34)16-20)22-9-13-36(14-10-22)27(38)17-21-7-11-37(12-8-21)31(39)40-32(2,3)4;1-2/h15-16,18-19,21H,5-14,17H2,1-4H3;1-2H3. The number of carbonyl (C=O) groups excluding carboxylic acids is 2. The van der Waals surface area contributed by atoms with E-state index in [1.54, 1.807) is 4.90 Å². The Hall–Kier alpha value is -2.19. The summed E-state index contributed by atoms with van der Waals surface area (Å²) in [7, 11) is 0. The van der Waals surface area contributed by atoms with Crippen LogP contribution in [0.15, 0.2) is 38.9 Å². The molecule has 6 nitrogen and oxygen atoms in total. The van der Waals surface area contributed by atoms with Gasteiger partial charge in [-0.3, -0.25) is 9.78 Å². The van der Waals surface area contributed by atoms with E-state index in [4.69, 9.17) is 9.72 Å². The summed E-state index contributed by atoms with van der Waals surface area (Å²) in [5.41, 5.74) is 8.39. The number of carbonyl (C=O) groups is 2. The molecular weight excluding hydrogens is 658 g/mol. The van der Waals surface area contributed by atoms with Crippen molar-refractivity contribution in [3.05, 3.63) is 66.9 Å². The fraction of sp³-hybridized carbons (Fsp3) is 0.559. The van der Waals surface area contributed by atoms with E-state index in [0.29, 0.717) is 25.4 Å². The third-order valence-electron chi connectivity index (χ3n) is 8.20. The Morgan fingerprint density at radius 1 is 0.929 bits per heavy atom. The summed E-state index contributed by atoms with van der Waals surface area (Å²) in [6.07, 6.45) is 7.54. The third kappa shape index (κ3) is 7.85. The predicted octanol–water partition coefficient (Wildman–Crippen LogP) is 8.50. The fourth-order valence-electron chi connectivity index (χ4n) is 6.22.